The van der Waals surface area contributed by atoms with Gasteiger partial charge in [0.2, 0.25) is 0 Å². The third-order valence-corrected chi connectivity index (χ3v) is 5.08. The van der Waals surface area contributed by atoms with Crippen molar-refractivity contribution in [1.82, 2.24) is 24.6 Å². The summed E-state index contributed by atoms with van der Waals surface area (Å²) in [5, 5.41) is 3.51. The number of pyridine rings is 2. The van der Waals surface area contributed by atoms with Crippen molar-refractivity contribution in [2.75, 3.05) is 19.6 Å². The maximum absolute atomic E-state index is 4.61. The van der Waals surface area contributed by atoms with E-state index < -0.39 is 0 Å². The number of hydrogen-bond acceptors (Lipinski definition) is 4. The molecular formula is C18H21BrClN5. The summed E-state index contributed by atoms with van der Waals surface area (Å²) in [5.74, 6) is 0. The van der Waals surface area contributed by atoms with Gasteiger partial charge in [0.25, 0.3) is 0 Å². The van der Waals surface area contributed by atoms with Crippen LogP contribution in [-0.4, -0.2) is 38.9 Å². The molecule has 1 atom stereocenters. The van der Waals surface area contributed by atoms with Gasteiger partial charge < -0.3 is 9.72 Å². The molecule has 5 nitrogen and oxygen atoms in total. The van der Waals surface area contributed by atoms with Crippen LogP contribution in [0.4, 0.5) is 0 Å². The lowest BCUT2D eigenvalue weighted by Crippen LogP contribution is -2.45. The fourth-order valence-corrected chi connectivity index (χ4v) is 3.99. The lowest BCUT2D eigenvalue weighted by atomic mass is 10.0. The quantitative estimate of drug-likeness (QED) is 0.703. The van der Waals surface area contributed by atoms with Crippen molar-refractivity contribution in [2.24, 2.45) is 0 Å². The maximum atomic E-state index is 4.61. The average molecular weight is 423 g/mol. The van der Waals surface area contributed by atoms with Crippen LogP contribution < -0.4 is 5.32 Å². The van der Waals surface area contributed by atoms with Gasteiger partial charge in [-0.2, -0.15) is 0 Å². The molecular weight excluding hydrogens is 402 g/mol. The van der Waals surface area contributed by atoms with E-state index in [2.05, 4.69) is 71.8 Å². The van der Waals surface area contributed by atoms with Gasteiger partial charge in [-0.25, -0.2) is 4.98 Å². The van der Waals surface area contributed by atoms with Crippen molar-refractivity contribution >= 4 is 34.0 Å². The van der Waals surface area contributed by atoms with E-state index in [1.165, 1.54) is 16.8 Å². The SMILES string of the molecule is Cc1cc(Br)cn2c(CN3CCNCC3c3ccncc3)cnc12.Cl. The second kappa shape index (κ2) is 7.83. The van der Waals surface area contributed by atoms with Crippen molar-refractivity contribution in [3.63, 3.8) is 0 Å². The Morgan fingerprint density at radius 2 is 2.12 bits per heavy atom. The Balaban J connectivity index is 0.00000182. The average Bonchev–Trinajstić information content (AvgIpc) is 2.99. The zero-order valence-electron chi connectivity index (χ0n) is 14.0. The third kappa shape index (κ3) is 3.72. The Kier molecular flexibility index (Phi) is 5.74. The highest BCUT2D eigenvalue weighted by Crippen LogP contribution is 2.25. The van der Waals surface area contributed by atoms with Gasteiger partial charge in [0.05, 0.1) is 11.9 Å². The third-order valence-electron chi connectivity index (χ3n) is 4.64. The smallest absolute Gasteiger partial charge is 0.139 e. The second-order valence-corrected chi connectivity index (χ2v) is 7.17. The number of nitrogens with one attached hydrogen (secondary N) is 1. The molecule has 0 radical (unpaired) electrons. The molecule has 1 unspecified atom stereocenters. The molecule has 0 saturated carbocycles. The number of imidazole rings is 1. The normalized spacial score (nSPS) is 18.2. The predicted molar refractivity (Wildman–Crippen MR) is 105 cm³/mol. The summed E-state index contributed by atoms with van der Waals surface area (Å²) < 4.78 is 3.28. The number of aromatic nitrogens is 3. The zero-order chi connectivity index (χ0) is 16.5. The molecule has 0 spiro atoms. The largest absolute Gasteiger partial charge is 0.314 e. The van der Waals surface area contributed by atoms with E-state index in [-0.39, 0.29) is 12.4 Å². The van der Waals surface area contributed by atoms with Crippen LogP contribution >= 0.6 is 28.3 Å². The Labute approximate surface area is 162 Å². The summed E-state index contributed by atoms with van der Waals surface area (Å²) in [6.45, 7) is 5.98. The van der Waals surface area contributed by atoms with Crippen molar-refractivity contribution < 1.29 is 0 Å². The molecule has 4 rings (SSSR count). The van der Waals surface area contributed by atoms with Crippen LogP contribution in [-0.2, 0) is 6.54 Å². The first kappa shape index (κ1) is 18.3. The van der Waals surface area contributed by atoms with Gasteiger partial charge in [0.1, 0.15) is 5.65 Å². The van der Waals surface area contributed by atoms with Gasteiger partial charge in [-0.15, -0.1) is 12.4 Å². The molecule has 1 N–H and O–H groups in total. The molecule has 0 amide bonds. The maximum Gasteiger partial charge on any atom is 0.139 e. The van der Waals surface area contributed by atoms with Gasteiger partial charge in [-0.05, 0) is 52.2 Å². The van der Waals surface area contributed by atoms with Crippen molar-refractivity contribution in [1.29, 1.82) is 0 Å². The molecule has 3 aromatic rings. The highest BCUT2D eigenvalue weighted by atomic mass is 79.9. The van der Waals surface area contributed by atoms with Crippen LogP contribution in [0.15, 0.2) is 47.5 Å². The van der Waals surface area contributed by atoms with Gasteiger partial charge in [-0.3, -0.25) is 9.88 Å². The summed E-state index contributed by atoms with van der Waals surface area (Å²) in [6.07, 6.45) is 7.85. The standard InChI is InChI=1S/C18H20BrN5.ClH/c1-13-8-15(19)11-24-16(9-22-18(13)24)12-23-7-6-21-10-17(23)14-2-4-20-5-3-14;/h2-5,8-9,11,17,21H,6-7,10,12H2,1H3;1H. The van der Waals surface area contributed by atoms with E-state index in [1.807, 2.05) is 18.6 Å². The van der Waals surface area contributed by atoms with Gasteiger partial charge >= 0.3 is 0 Å². The topological polar surface area (TPSA) is 45.5 Å². The van der Waals surface area contributed by atoms with Crippen molar-refractivity contribution in [2.45, 2.75) is 19.5 Å². The summed E-state index contributed by atoms with van der Waals surface area (Å²) in [7, 11) is 0. The van der Waals surface area contributed by atoms with Crippen LogP contribution in [0.5, 0.6) is 0 Å². The molecule has 25 heavy (non-hydrogen) atoms. The van der Waals surface area contributed by atoms with Crippen LogP contribution in [0.2, 0.25) is 0 Å². The van der Waals surface area contributed by atoms with Crippen molar-refractivity contribution in [3.8, 4) is 0 Å². The van der Waals surface area contributed by atoms with Crippen molar-refractivity contribution in [3.05, 3.63) is 64.3 Å². The van der Waals surface area contributed by atoms with E-state index in [0.29, 0.717) is 6.04 Å². The molecule has 132 valence electrons. The molecule has 0 aromatic carbocycles. The fraction of sp³-hybridized carbons (Fsp3) is 0.333. The lowest BCUT2D eigenvalue weighted by molar-refractivity contribution is 0.151. The van der Waals surface area contributed by atoms with E-state index in [4.69, 9.17) is 0 Å². The Morgan fingerprint density at radius 3 is 2.92 bits per heavy atom. The fourth-order valence-electron chi connectivity index (χ4n) is 3.44. The number of fused-ring (bicyclic) bond motifs is 1. The van der Waals surface area contributed by atoms with E-state index in [9.17, 15) is 0 Å². The number of hydrogen-bond donors (Lipinski definition) is 1. The highest BCUT2D eigenvalue weighted by Gasteiger charge is 2.24. The molecule has 1 aliphatic heterocycles. The summed E-state index contributed by atoms with van der Waals surface area (Å²) in [5.41, 5.74) is 4.74. The van der Waals surface area contributed by atoms with Crippen LogP contribution in [0.3, 0.4) is 0 Å². The molecule has 7 heteroatoms. The molecule has 3 aromatic heterocycles. The predicted octanol–water partition coefficient (Wildman–Crippen LogP) is 3.37. The number of halogens is 2. The van der Waals surface area contributed by atoms with Gasteiger partial charge in [-0.1, -0.05) is 0 Å². The number of piperazine rings is 1. The molecule has 0 bridgehead atoms. The van der Waals surface area contributed by atoms with Gasteiger partial charge in [0, 0.05) is 55.3 Å². The lowest BCUT2D eigenvalue weighted by Gasteiger charge is -2.36. The Bertz CT molecular complexity index is 851. The summed E-state index contributed by atoms with van der Waals surface area (Å²) >= 11 is 3.60. The van der Waals surface area contributed by atoms with Crippen LogP contribution in [0.1, 0.15) is 22.9 Å². The number of rotatable bonds is 3. The second-order valence-electron chi connectivity index (χ2n) is 6.26. The first-order valence-corrected chi connectivity index (χ1v) is 8.98. The van der Waals surface area contributed by atoms with E-state index in [0.717, 1.165) is 36.3 Å². The monoisotopic (exact) mass is 421 g/mol. The first-order valence-electron chi connectivity index (χ1n) is 8.19. The molecule has 1 aliphatic rings. The highest BCUT2D eigenvalue weighted by molar-refractivity contribution is 9.10. The minimum absolute atomic E-state index is 0. The molecule has 1 saturated heterocycles. The minimum atomic E-state index is 0. The van der Waals surface area contributed by atoms with Gasteiger partial charge in [0.15, 0.2) is 0 Å². The number of nitrogens with zero attached hydrogens (tertiary/aromatic N) is 4. The Hall–Kier alpha value is -1.47. The summed E-state index contributed by atoms with van der Waals surface area (Å²) in [4.78, 5) is 11.3. The van der Waals surface area contributed by atoms with Crippen LogP contribution in [0.25, 0.3) is 5.65 Å². The minimum Gasteiger partial charge on any atom is -0.314 e. The van der Waals surface area contributed by atoms with E-state index in [1.54, 1.807) is 0 Å². The molecule has 4 heterocycles. The zero-order valence-corrected chi connectivity index (χ0v) is 16.4. The first-order chi connectivity index (χ1) is 11.7. The van der Waals surface area contributed by atoms with E-state index >= 15 is 0 Å². The number of aryl methyl sites for hydroxylation is 1. The molecule has 0 aliphatic carbocycles. The summed E-state index contributed by atoms with van der Waals surface area (Å²) in [6, 6.07) is 6.69. The molecule has 1 fully saturated rings. The van der Waals surface area contributed by atoms with Crippen LogP contribution in [0, 0.1) is 6.92 Å². The Morgan fingerprint density at radius 1 is 1.32 bits per heavy atom.